The summed E-state index contributed by atoms with van der Waals surface area (Å²) >= 11 is 0. The quantitative estimate of drug-likeness (QED) is 0.388. The molecule has 0 spiro atoms. The fraction of sp³-hybridized carbons (Fsp3) is 0.421. The molecule has 0 saturated carbocycles. The summed E-state index contributed by atoms with van der Waals surface area (Å²) in [7, 11) is 1.73. The molecule has 1 fully saturated rings. The van der Waals surface area contributed by atoms with E-state index in [0.717, 1.165) is 24.3 Å². The number of hydrogen-bond acceptors (Lipinski definition) is 4. The monoisotopic (exact) mass is 483 g/mol. The Balaban J connectivity index is 0.00000261. The van der Waals surface area contributed by atoms with Crippen LogP contribution in [0.3, 0.4) is 0 Å². The molecule has 1 aromatic carbocycles. The van der Waals surface area contributed by atoms with E-state index in [1.807, 2.05) is 42.2 Å². The van der Waals surface area contributed by atoms with Crippen LogP contribution in [0.5, 0.6) is 0 Å². The fourth-order valence-corrected chi connectivity index (χ4v) is 3.00. The van der Waals surface area contributed by atoms with Crippen LogP contribution in [0.25, 0.3) is 11.3 Å². The summed E-state index contributed by atoms with van der Waals surface area (Å²) in [6, 6.07) is 10.1. The maximum atomic E-state index is 11.8. The van der Waals surface area contributed by atoms with E-state index in [1.165, 1.54) is 0 Å². The lowest BCUT2D eigenvalue weighted by Gasteiger charge is -2.18. The Hall–Kier alpha value is -2.10. The van der Waals surface area contributed by atoms with E-state index in [2.05, 4.69) is 20.6 Å². The van der Waals surface area contributed by atoms with E-state index < -0.39 is 0 Å². The smallest absolute Gasteiger partial charge is 0.222 e. The Bertz CT molecular complexity index is 762. The van der Waals surface area contributed by atoms with E-state index >= 15 is 0 Å². The first-order chi connectivity index (χ1) is 12.7. The number of amides is 1. The second-order valence-electron chi connectivity index (χ2n) is 6.23. The SMILES string of the molecule is CCC(=O)N1CCC(NC(=NC)NCc2ncc(-c3ccccc3)o2)C1.I. The number of likely N-dealkylation sites (tertiary alicyclic amines) is 1. The summed E-state index contributed by atoms with van der Waals surface area (Å²) in [6.45, 7) is 3.84. The van der Waals surface area contributed by atoms with E-state index in [9.17, 15) is 4.79 Å². The van der Waals surface area contributed by atoms with Crippen LogP contribution in [-0.2, 0) is 11.3 Å². The maximum Gasteiger partial charge on any atom is 0.222 e. The van der Waals surface area contributed by atoms with E-state index in [0.29, 0.717) is 31.4 Å². The summed E-state index contributed by atoms with van der Waals surface area (Å²) in [4.78, 5) is 22.2. The normalized spacial score (nSPS) is 16.7. The van der Waals surface area contributed by atoms with Gasteiger partial charge in [-0.25, -0.2) is 4.98 Å². The molecule has 1 saturated heterocycles. The zero-order valence-corrected chi connectivity index (χ0v) is 18.0. The molecule has 0 aliphatic carbocycles. The van der Waals surface area contributed by atoms with Gasteiger partial charge in [0.2, 0.25) is 11.8 Å². The van der Waals surface area contributed by atoms with Crippen LogP contribution < -0.4 is 10.6 Å². The molecule has 1 aliphatic rings. The molecular weight excluding hydrogens is 457 g/mol. The molecule has 2 N–H and O–H groups in total. The minimum Gasteiger partial charge on any atom is -0.439 e. The second-order valence-corrected chi connectivity index (χ2v) is 6.23. The standard InChI is InChI=1S/C19H25N5O2.HI/c1-3-18(25)24-10-9-15(13-24)23-19(20-2)22-12-17-21-11-16(26-17)14-7-5-4-6-8-14;/h4-8,11,15H,3,9-10,12-13H2,1-2H3,(H2,20,22,23);1H. The predicted octanol–water partition coefficient (Wildman–Crippen LogP) is 2.64. The molecule has 1 atom stereocenters. The number of guanidine groups is 1. The third-order valence-electron chi connectivity index (χ3n) is 4.43. The van der Waals surface area contributed by atoms with Gasteiger partial charge in [-0.05, 0) is 6.42 Å². The van der Waals surface area contributed by atoms with Gasteiger partial charge in [0.15, 0.2) is 11.7 Å². The lowest BCUT2D eigenvalue weighted by Crippen LogP contribution is -2.44. The highest BCUT2D eigenvalue weighted by Crippen LogP contribution is 2.19. The molecule has 2 heterocycles. The molecule has 1 amide bonds. The third-order valence-corrected chi connectivity index (χ3v) is 4.43. The minimum absolute atomic E-state index is 0. The van der Waals surface area contributed by atoms with Gasteiger partial charge < -0.3 is 20.0 Å². The van der Waals surface area contributed by atoms with E-state index in [1.54, 1.807) is 13.2 Å². The number of nitrogens with zero attached hydrogens (tertiary/aromatic N) is 3. The van der Waals surface area contributed by atoms with Gasteiger partial charge in [0.1, 0.15) is 0 Å². The lowest BCUT2D eigenvalue weighted by atomic mass is 10.2. The molecule has 8 heteroatoms. The van der Waals surface area contributed by atoms with Gasteiger partial charge in [0.05, 0.1) is 12.7 Å². The summed E-state index contributed by atoms with van der Waals surface area (Å²) < 4.78 is 5.79. The molecule has 0 bridgehead atoms. The molecule has 1 unspecified atom stereocenters. The van der Waals surface area contributed by atoms with Crippen LogP contribution in [0, 0.1) is 0 Å². The number of carbonyl (C=O) groups excluding carboxylic acids is 1. The van der Waals surface area contributed by atoms with Crippen molar-refractivity contribution in [1.29, 1.82) is 0 Å². The summed E-state index contributed by atoms with van der Waals surface area (Å²) in [5.41, 5.74) is 1.00. The van der Waals surface area contributed by atoms with Gasteiger partial charge in [0, 0.05) is 38.2 Å². The van der Waals surface area contributed by atoms with Crippen molar-refractivity contribution in [2.24, 2.45) is 4.99 Å². The Morgan fingerprint density at radius 1 is 1.37 bits per heavy atom. The number of aliphatic imine (C=N–C) groups is 1. The minimum atomic E-state index is 0. The van der Waals surface area contributed by atoms with Crippen molar-refractivity contribution < 1.29 is 9.21 Å². The van der Waals surface area contributed by atoms with Crippen molar-refractivity contribution in [3.63, 3.8) is 0 Å². The molecule has 0 radical (unpaired) electrons. The zero-order chi connectivity index (χ0) is 18.4. The largest absolute Gasteiger partial charge is 0.439 e. The molecule has 1 aromatic heterocycles. The number of aromatic nitrogens is 1. The Morgan fingerprint density at radius 2 is 2.15 bits per heavy atom. The molecule has 3 rings (SSSR count). The Morgan fingerprint density at radius 3 is 2.85 bits per heavy atom. The molecule has 146 valence electrons. The highest BCUT2D eigenvalue weighted by molar-refractivity contribution is 14.0. The first-order valence-electron chi connectivity index (χ1n) is 8.94. The zero-order valence-electron chi connectivity index (χ0n) is 15.6. The fourth-order valence-electron chi connectivity index (χ4n) is 3.00. The van der Waals surface area contributed by atoms with Crippen LogP contribution in [0.4, 0.5) is 0 Å². The van der Waals surface area contributed by atoms with Crippen molar-refractivity contribution in [3.05, 3.63) is 42.4 Å². The van der Waals surface area contributed by atoms with Crippen LogP contribution in [0.1, 0.15) is 25.7 Å². The highest BCUT2D eigenvalue weighted by Gasteiger charge is 2.25. The van der Waals surface area contributed by atoms with Gasteiger partial charge in [-0.3, -0.25) is 9.79 Å². The van der Waals surface area contributed by atoms with E-state index in [4.69, 9.17) is 4.42 Å². The molecule has 1 aliphatic heterocycles. The van der Waals surface area contributed by atoms with Crippen molar-refractivity contribution in [2.75, 3.05) is 20.1 Å². The number of hydrogen-bond donors (Lipinski definition) is 2. The van der Waals surface area contributed by atoms with Gasteiger partial charge in [-0.15, -0.1) is 24.0 Å². The third kappa shape index (κ3) is 5.69. The molecule has 2 aromatic rings. The molecule has 7 nitrogen and oxygen atoms in total. The van der Waals surface area contributed by atoms with Crippen molar-refractivity contribution in [1.82, 2.24) is 20.5 Å². The number of carbonyl (C=O) groups is 1. The van der Waals surface area contributed by atoms with Crippen molar-refractivity contribution in [2.45, 2.75) is 32.4 Å². The van der Waals surface area contributed by atoms with Crippen LogP contribution in [-0.4, -0.2) is 47.9 Å². The van der Waals surface area contributed by atoms with Crippen molar-refractivity contribution in [3.8, 4) is 11.3 Å². The Kier molecular flexibility index (Phi) is 8.08. The van der Waals surface area contributed by atoms with Crippen LogP contribution >= 0.6 is 24.0 Å². The molecular formula is C19H26IN5O2. The van der Waals surface area contributed by atoms with Gasteiger partial charge in [-0.2, -0.15) is 0 Å². The van der Waals surface area contributed by atoms with Crippen LogP contribution in [0.2, 0.25) is 0 Å². The van der Waals surface area contributed by atoms with Gasteiger partial charge in [-0.1, -0.05) is 37.3 Å². The van der Waals surface area contributed by atoms with E-state index in [-0.39, 0.29) is 35.9 Å². The van der Waals surface area contributed by atoms with Crippen LogP contribution in [0.15, 0.2) is 45.9 Å². The second kappa shape index (κ2) is 10.3. The predicted molar refractivity (Wildman–Crippen MR) is 116 cm³/mol. The van der Waals surface area contributed by atoms with Crippen molar-refractivity contribution >= 4 is 35.8 Å². The molecule has 27 heavy (non-hydrogen) atoms. The number of halogens is 1. The highest BCUT2D eigenvalue weighted by atomic mass is 127. The Labute approximate surface area is 176 Å². The number of benzene rings is 1. The number of oxazole rings is 1. The first kappa shape index (κ1) is 21.2. The number of rotatable bonds is 5. The summed E-state index contributed by atoms with van der Waals surface area (Å²) in [5.74, 6) is 2.22. The average Bonchev–Trinajstić information content (AvgIpc) is 3.35. The average molecular weight is 483 g/mol. The summed E-state index contributed by atoms with van der Waals surface area (Å²) in [5, 5.41) is 6.57. The maximum absolute atomic E-state index is 11.8. The number of nitrogens with one attached hydrogen (secondary N) is 2. The van der Waals surface area contributed by atoms with Gasteiger partial charge in [0.25, 0.3) is 0 Å². The summed E-state index contributed by atoms with van der Waals surface area (Å²) in [6.07, 6.45) is 3.20. The topological polar surface area (TPSA) is 82.8 Å². The lowest BCUT2D eigenvalue weighted by molar-refractivity contribution is -0.129. The first-order valence-corrected chi connectivity index (χ1v) is 8.94. The van der Waals surface area contributed by atoms with Gasteiger partial charge >= 0.3 is 0 Å².